The summed E-state index contributed by atoms with van der Waals surface area (Å²) >= 11 is 0. The molecular formula is C22H31N7O. The van der Waals surface area contributed by atoms with Crippen LogP contribution in [0.25, 0.3) is 0 Å². The molecule has 8 nitrogen and oxygen atoms in total. The predicted molar refractivity (Wildman–Crippen MR) is 120 cm³/mol. The third kappa shape index (κ3) is 3.95. The second kappa shape index (κ2) is 8.53. The number of anilines is 4. The van der Waals surface area contributed by atoms with E-state index in [4.69, 9.17) is 19.7 Å². The molecule has 0 saturated carbocycles. The van der Waals surface area contributed by atoms with Crippen LogP contribution in [-0.4, -0.2) is 74.4 Å². The number of hydrogen-bond acceptors (Lipinski definition) is 8. The zero-order valence-corrected chi connectivity index (χ0v) is 17.8. The van der Waals surface area contributed by atoms with Gasteiger partial charge in [0.15, 0.2) is 0 Å². The molecule has 3 aliphatic rings. The first-order chi connectivity index (χ1) is 14.8. The summed E-state index contributed by atoms with van der Waals surface area (Å²) in [6.45, 7) is 7.93. The largest absolute Gasteiger partial charge is 0.497 e. The third-order valence-corrected chi connectivity index (χ3v) is 6.38. The molecule has 5 rings (SSSR count). The van der Waals surface area contributed by atoms with E-state index in [2.05, 4.69) is 31.7 Å². The summed E-state index contributed by atoms with van der Waals surface area (Å²) in [5.41, 5.74) is 1.24. The van der Waals surface area contributed by atoms with Gasteiger partial charge in [-0.05, 0) is 49.9 Å². The van der Waals surface area contributed by atoms with Gasteiger partial charge in [0.1, 0.15) is 5.75 Å². The molecule has 160 valence electrons. The van der Waals surface area contributed by atoms with Gasteiger partial charge in [-0.25, -0.2) is 0 Å². The minimum Gasteiger partial charge on any atom is -0.497 e. The van der Waals surface area contributed by atoms with Gasteiger partial charge in [-0.1, -0.05) is 0 Å². The second-order valence-corrected chi connectivity index (χ2v) is 8.30. The van der Waals surface area contributed by atoms with Gasteiger partial charge in [0.2, 0.25) is 17.8 Å². The van der Waals surface area contributed by atoms with Crippen molar-refractivity contribution in [1.29, 1.82) is 0 Å². The van der Waals surface area contributed by atoms with Crippen molar-refractivity contribution in [3.63, 3.8) is 0 Å². The van der Waals surface area contributed by atoms with Gasteiger partial charge >= 0.3 is 0 Å². The van der Waals surface area contributed by atoms with Crippen LogP contribution in [0.15, 0.2) is 24.3 Å². The Kier molecular flexibility index (Phi) is 5.46. The van der Waals surface area contributed by atoms with Gasteiger partial charge in [-0.3, -0.25) is 0 Å². The molecule has 1 aromatic heterocycles. The van der Waals surface area contributed by atoms with E-state index in [1.165, 1.54) is 31.4 Å². The Morgan fingerprint density at radius 2 is 0.967 bits per heavy atom. The third-order valence-electron chi connectivity index (χ3n) is 6.38. The van der Waals surface area contributed by atoms with Crippen molar-refractivity contribution < 1.29 is 4.74 Å². The highest BCUT2D eigenvalue weighted by Crippen LogP contribution is 2.26. The smallest absolute Gasteiger partial charge is 0.232 e. The van der Waals surface area contributed by atoms with Crippen molar-refractivity contribution in [2.45, 2.75) is 25.7 Å². The van der Waals surface area contributed by atoms with E-state index in [0.717, 1.165) is 76.0 Å². The van der Waals surface area contributed by atoms with Gasteiger partial charge in [0, 0.05) is 58.0 Å². The van der Waals surface area contributed by atoms with Crippen LogP contribution in [0, 0.1) is 0 Å². The quantitative estimate of drug-likeness (QED) is 0.746. The van der Waals surface area contributed by atoms with Gasteiger partial charge in [0.05, 0.1) is 7.11 Å². The maximum Gasteiger partial charge on any atom is 0.232 e. The Balaban J connectivity index is 1.33. The van der Waals surface area contributed by atoms with Crippen LogP contribution in [0.5, 0.6) is 5.75 Å². The Bertz CT molecular complexity index is 805. The fourth-order valence-electron chi connectivity index (χ4n) is 4.56. The van der Waals surface area contributed by atoms with Crippen LogP contribution in [0.3, 0.4) is 0 Å². The number of aromatic nitrogens is 3. The summed E-state index contributed by atoms with van der Waals surface area (Å²) in [4.78, 5) is 24.0. The van der Waals surface area contributed by atoms with Crippen molar-refractivity contribution >= 4 is 23.5 Å². The SMILES string of the molecule is COc1ccc(N2CCN(c3nc(N4CCCC4)nc(N4CCCC4)n3)CC2)cc1. The minimum absolute atomic E-state index is 0.836. The molecule has 0 unspecified atom stereocenters. The molecule has 0 N–H and O–H groups in total. The first kappa shape index (κ1) is 19.2. The van der Waals surface area contributed by atoms with E-state index < -0.39 is 0 Å². The molecule has 3 fully saturated rings. The van der Waals surface area contributed by atoms with Crippen molar-refractivity contribution in [3.05, 3.63) is 24.3 Å². The molecule has 1 aromatic carbocycles. The molecule has 30 heavy (non-hydrogen) atoms. The highest BCUT2D eigenvalue weighted by atomic mass is 16.5. The Hall–Kier alpha value is -2.77. The molecule has 0 spiro atoms. The van der Waals surface area contributed by atoms with E-state index in [-0.39, 0.29) is 0 Å². The zero-order valence-electron chi connectivity index (χ0n) is 17.8. The summed E-state index contributed by atoms with van der Waals surface area (Å²) in [5, 5.41) is 0. The second-order valence-electron chi connectivity index (χ2n) is 8.30. The minimum atomic E-state index is 0.836. The lowest BCUT2D eigenvalue weighted by Crippen LogP contribution is -2.47. The van der Waals surface area contributed by atoms with Gasteiger partial charge < -0.3 is 24.3 Å². The van der Waals surface area contributed by atoms with Crippen molar-refractivity contribution in [2.75, 3.05) is 79.1 Å². The van der Waals surface area contributed by atoms with Gasteiger partial charge in [-0.15, -0.1) is 0 Å². The van der Waals surface area contributed by atoms with Crippen LogP contribution in [-0.2, 0) is 0 Å². The number of hydrogen-bond donors (Lipinski definition) is 0. The fraction of sp³-hybridized carbons (Fsp3) is 0.591. The van der Waals surface area contributed by atoms with E-state index in [1.807, 2.05) is 12.1 Å². The summed E-state index contributed by atoms with van der Waals surface area (Å²) in [6.07, 6.45) is 4.89. The lowest BCUT2D eigenvalue weighted by Gasteiger charge is -2.36. The number of nitrogens with zero attached hydrogens (tertiary/aromatic N) is 7. The molecule has 2 aromatic rings. The fourth-order valence-corrected chi connectivity index (χ4v) is 4.56. The standard InChI is InChI=1S/C22H31N7O/c1-30-19-8-6-18(7-9-19)26-14-16-29(17-15-26)22-24-20(27-10-2-3-11-27)23-21(25-22)28-12-4-5-13-28/h6-9H,2-5,10-17H2,1H3. The number of rotatable bonds is 5. The maximum absolute atomic E-state index is 5.28. The van der Waals surface area contributed by atoms with Crippen LogP contribution in [0.2, 0.25) is 0 Å². The molecule has 4 heterocycles. The first-order valence-corrected chi connectivity index (χ1v) is 11.2. The summed E-state index contributed by atoms with van der Waals surface area (Å²) in [6, 6.07) is 8.32. The van der Waals surface area contributed by atoms with Crippen LogP contribution in [0.4, 0.5) is 23.5 Å². The first-order valence-electron chi connectivity index (χ1n) is 11.2. The monoisotopic (exact) mass is 409 g/mol. The highest BCUT2D eigenvalue weighted by molar-refractivity contribution is 5.52. The lowest BCUT2D eigenvalue weighted by molar-refractivity contribution is 0.415. The average molecular weight is 410 g/mol. The maximum atomic E-state index is 5.28. The molecule has 0 bridgehead atoms. The van der Waals surface area contributed by atoms with Gasteiger partial charge in [-0.2, -0.15) is 15.0 Å². The molecule has 8 heteroatoms. The van der Waals surface area contributed by atoms with Crippen LogP contribution in [0.1, 0.15) is 25.7 Å². The number of benzene rings is 1. The highest BCUT2D eigenvalue weighted by Gasteiger charge is 2.25. The Labute approximate surface area is 178 Å². The van der Waals surface area contributed by atoms with Gasteiger partial charge in [0.25, 0.3) is 0 Å². The molecule has 3 aliphatic heterocycles. The molecule has 0 aliphatic carbocycles. The topological polar surface area (TPSA) is 60.9 Å². The summed E-state index contributed by atoms with van der Waals surface area (Å²) < 4.78 is 5.28. The average Bonchev–Trinajstić information content (AvgIpc) is 3.54. The normalized spacial score (nSPS) is 19.6. The Morgan fingerprint density at radius 1 is 0.567 bits per heavy atom. The van der Waals surface area contributed by atoms with E-state index >= 15 is 0 Å². The molecule has 0 atom stereocenters. The van der Waals surface area contributed by atoms with E-state index in [9.17, 15) is 0 Å². The summed E-state index contributed by atoms with van der Waals surface area (Å²) in [5.74, 6) is 3.45. The lowest BCUT2D eigenvalue weighted by atomic mass is 10.2. The van der Waals surface area contributed by atoms with E-state index in [1.54, 1.807) is 7.11 Å². The molecular weight excluding hydrogens is 378 g/mol. The zero-order chi connectivity index (χ0) is 20.3. The number of piperazine rings is 1. The van der Waals surface area contributed by atoms with E-state index in [0.29, 0.717) is 0 Å². The molecule has 0 amide bonds. The predicted octanol–water partition coefficient (Wildman–Crippen LogP) is 2.41. The summed E-state index contributed by atoms with van der Waals surface area (Å²) in [7, 11) is 1.70. The van der Waals surface area contributed by atoms with Crippen molar-refractivity contribution in [1.82, 2.24) is 15.0 Å². The number of ether oxygens (including phenoxy) is 1. The van der Waals surface area contributed by atoms with Crippen molar-refractivity contribution in [2.24, 2.45) is 0 Å². The molecule has 0 radical (unpaired) electrons. The Morgan fingerprint density at radius 3 is 1.40 bits per heavy atom. The van der Waals surface area contributed by atoms with Crippen LogP contribution < -0.4 is 24.3 Å². The van der Waals surface area contributed by atoms with Crippen LogP contribution >= 0.6 is 0 Å². The van der Waals surface area contributed by atoms with Crippen molar-refractivity contribution in [3.8, 4) is 5.75 Å². The molecule has 3 saturated heterocycles. The number of methoxy groups -OCH3 is 1.